The lowest BCUT2D eigenvalue weighted by Gasteiger charge is -2.37. The first-order valence-electron chi connectivity index (χ1n) is 11.3. The maximum absolute atomic E-state index is 14.9. The van der Waals surface area contributed by atoms with Crippen LogP contribution in [-0.2, 0) is 0 Å². The second kappa shape index (κ2) is 8.84. The SMILES string of the molecule is Fc1c(C2CCCCC2)ccc(C2CCC(C3CCC(S)CC3)CC2)c1F. The Kier molecular flexibility index (Phi) is 6.46. The highest BCUT2D eigenvalue weighted by molar-refractivity contribution is 7.80. The zero-order valence-electron chi connectivity index (χ0n) is 16.4. The van der Waals surface area contributed by atoms with E-state index in [2.05, 4.69) is 12.6 Å². The summed E-state index contributed by atoms with van der Waals surface area (Å²) in [4.78, 5) is 0. The number of thiol groups is 1. The van der Waals surface area contributed by atoms with Gasteiger partial charge in [0.1, 0.15) is 0 Å². The fourth-order valence-electron chi connectivity index (χ4n) is 6.10. The van der Waals surface area contributed by atoms with Gasteiger partial charge < -0.3 is 0 Å². The standard InChI is InChI=1S/C24H34F2S/c25-23-21(18-4-2-1-3-5-18)14-15-22(24(23)26)19-8-6-16(7-9-19)17-10-12-20(27)13-11-17/h14-20,27H,1-13H2. The zero-order valence-corrected chi connectivity index (χ0v) is 17.3. The molecule has 0 spiro atoms. The summed E-state index contributed by atoms with van der Waals surface area (Å²) >= 11 is 4.62. The molecular weight excluding hydrogens is 358 g/mol. The van der Waals surface area contributed by atoms with Crippen molar-refractivity contribution in [2.75, 3.05) is 0 Å². The second-order valence-corrected chi connectivity index (χ2v) is 10.1. The van der Waals surface area contributed by atoms with Gasteiger partial charge in [0.2, 0.25) is 0 Å². The summed E-state index contributed by atoms with van der Waals surface area (Å²) in [6, 6.07) is 3.82. The molecule has 1 aromatic carbocycles. The molecular formula is C24H34F2S. The average Bonchev–Trinajstić information content (AvgIpc) is 2.71. The van der Waals surface area contributed by atoms with Crippen molar-refractivity contribution >= 4 is 12.6 Å². The van der Waals surface area contributed by atoms with Gasteiger partial charge >= 0.3 is 0 Å². The van der Waals surface area contributed by atoms with Crippen molar-refractivity contribution in [3.63, 3.8) is 0 Å². The molecule has 3 heteroatoms. The van der Waals surface area contributed by atoms with Gasteiger partial charge in [0.05, 0.1) is 0 Å². The van der Waals surface area contributed by atoms with E-state index in [1.54, 1.807) is 0 Å². The Labute approximate surface area is 168 Å². The molecule has 0 amide bonds. The van der Waals surface area contributed by atoms with Gasteiger partial charge in [-0.2, -0.15) is 12.6 Å². The van der Waals surface area contributed by atoms with Crippen molar-refractivity contribution in [1.82, 2.24) is 0 Å². The highest BCUT2D eigenvalue weighted by Gasteiger charge is 2.32. The highest BCUT2D eigenvalue weighted by Crippen LogP contribution is 2.45. The van der Waals surface area contributed by atoms with Crippen LogP contribution in [-0.4, -0.2) is 5.25 Å². The van der Waals surface area contributed by atoms with E-state index in [-0.39, 0.29) is 11.8 Å². The molecule has 3 aliphatic rings. The molecule has 0 unspecified atom stereocenters. The van der Waals surface area contributed by atoms with Crippen LogP contribution >= 0.6 is 12.6 Å². The van der Waals surface area contributed by atoms with Gasteiger partial charge in [0.25, 0.3) is 0 Å². The van der Waals surface area contributed by atoms with Crippen LogP contribution in [0.5, 0.6) is 0 Å². The Hall–Kier alpha value is -0.570. The van der Waals surface area contributed by atoms with Crippen LogP contribution in [0, 0.1) is 23.5 Å². The monoisotopic (exact) mass is 392 g/mol. The van der Waals surface area contributed by atoms with Crippen LogP contribution in [0.1, 0.15) is 106 Å². The molecule has 3 saturated carbocycles. The van der Waals surface area contributed by atoms with Gasteiger partial charge in [-0.3, -0.25) is 0 Å². The summed E-state index contributed by atoms with van der Waals surface area (Å²) in [7, 11) is 0. The van der Waals surface area contributed by atoms with Gasteiger partial charge in [-0.05, 0) is 99.0 Å². The number of hydrogen-bond acceptors (Lipinski definition) is 1. The second-order valence-electron chi connectivity index (χ2n) is 9.39. The Morgan fingerprint density at radius 2 is 1.04 bits per heavy atom. The molecule has 3 aliphatic carbocycles. The Morgan fingerprint density at radius 1 is 0.593 bits per heavy atom. The normalized spacial score (nSPS) is 33.1. The summed E-state index contributed by atoms with van der Waals surface area (Å²) < 4.78 is 29.7. The number of rotatable bonds is 3. The first-order valence-corrected chi connectivity index (χ1v) is 11.8. The molecule has 1 aromatic rings. The average molecular weight is 393 g/mol. The van der Waals surface area contributed by atoms with E-state index in [1.807, 2.05) is 12.1 Å². The molecule has 0 heterocycles. The summed E-state index contributed by atoms with van der Waals surface area (Å²) in [5, 5.41) is 0.595. The van der Waals surface area contributed by atoms with Crippen LogP contribution in [0.3, 0.4) is 0 Å². The van der Waals surface area contributed by atoms with E-state index in [0.717, 1.165) is 50.4 Å². The fourth-order valence-corrected chi connectivity index (χ4v) is 6.40. The first-order chi connectivity index (χ1) is 13.1. The molecule has 27 heavy (non-hydrogen) atoms. The van der Waals surface area contributed by atoms with Crippen LogP contribution in [0.15, 0.2) is 12.1 Å². The van der Waals surface area contributed by atoms with Gasteiger partial charge in [0.15, 0.2) is 11.6 Å². The summed E-state index contributed by atoms with van der Waals surface area (Å²) in [5.41, 5.74) is 1.28. The lowest BCUT2D eigenvalue weighted by molar-refractivity contribution is 0.187. The minimum Gasteiger partial charge on any atom is -0.203 e. The fraction of sp³-hybridized carbons (Fsp3) is 0.750. The molecule has 0 aromatic heterocycles. The molecule has 0 N–H and O–H groups in total. The van der Waals surface area contributed by atoms with Gasteiger partial charge in [-0.25, -0.2) is 8.78 Å². The zero-order chi connectivity index (χ0) is 18.8. The number of halogens is 2. The van der Waals surface area contributed by atoms with Crippen molar-refractivity contribution in [3.05, 3.63) is 34.9 Å². The quantitative estimate of drug-likeness (QED) is 0.499. The van der Waals surface area contributed by atoms with Crippen LogP contribution in [0.4, 0.5) is 8.78 Å². The third-order valence-corrected chi connectivity index (χ3v) is 8.32. The van der Waals surface area contributed by atoms with E-state index in [9.17, 15) is 8.78 Å². The van der Waals surface area contributed by atoms with Gasteiger partial charge in [0, 0.05) is 5.25 Å². The van der Waals surface area contributed by atoms with Crippen LogP contribution < -0.4 is 0 Å². The summed E-state index contributed by atoms with van der Waals surface area (Å²) in [5.74, 6) is 0.962. The molecule has 150 valence electrons. The van der Waals surface area contributed by atoms with E-state index in [4.69, 9.17) is 0 Å². The Morgan fingerprint density at radius 3 is 1.56 bits per heavy atom. The molecule has 0 nitrogen and oxygen atoms in total. The lowest BCUT2D eigenvalue weighted by atomic mass is 9.69. The first kappa shape index (κ1) is 19.7. The topological polar surface area (TPSA) is 0 Å². The molecule has 0 radical (unpaired) electrons. The predicted molar refractivity (Wildman–Crippen MR) is 112 cm³/mol. The summed E-state index contributed by atoms with van der Waals surface area (Å²) in [6.07, 6.45) is 15.0. The van der Waals surface area contributed by atoms with Gasteiger partial charge in [-0.15, -0.1) is 0 Å². The third kappa shape index (κ3) is 4.38. The number of hydrogen-bond donors (Lipinski definition) is 1. The minimum absolute atomic E-state index is 0.206. The maximum Gasteiger partial charge on any atom is 0.162 e. The van der Waals surface area contributed by atoms with Gasteiger partial charge in [-0.1, -0.05) is 31.4 Å². The molecule has 0 atom stereocenters. The predicted octanol–water partition coefficient (Wildman–Crippen LogP) is 7.77. The van der Waals surface area contributed by atoms with Crippen molar-refractivity contribution in [2.24, 2.45) is 11.8 Å². The summed E-state index contributed by atoms with van der Waals surface area (Å²) in [6.45, 7) is 0. The molecule has 0 saturated heterocycles. The largest absolute Gasteiger partial charge is 0.203 e. The highest BCUT2D eigenvalue weighted by atomic mass is 32.1. The van der Waals surface area contributed by atoms with Crippen LogP contribution in [0.25, 0.3) is 0 Å². The Balaban J connectivity index is 1.40. The molecule has 0 aliphatic heterocycles. The molecule has 3 fully saturated rings. The van der Waals surface area contributed by atoms with Crippen LogP contribution in [0.2, 0.25) is 0 Å². The van der Waals surface area contributed by atoms with Crippen molar-refractivity contribution in [2.45, 2.75) is 101 Å². The number of benzene rings is 1. The molecule has 0 bridgehead atoms. The third-order valence-electron chi connectivity index (χ3n) is 7.81. The van der Waals surface area contributed by atoms with Crippen molar-refractivity contribution in [3.8, 4) is 0 Å². The van der Waals surface area contributed by atoms with E-state index >= 15 is 0 Å². The van der Waals surface area contributed by atoms with E-state index < -0.39 is 11.6 Å². The minimum atomic E-state index is -0.548. The molecule has 4 rings (SSSR count). The lowest BCUT2D eigenvalue weighted by Crippen LogP contribution is -2.26. The van der Waals surface area contributed by atoms with Crippen molar-refractivity contribution < 1.29 is 8.78 Å². The smallest absolute Gasteiger partial charge is 0.162 e. The van der Waals surface area contributed by atoms with E-state index in [0.29, 0.717) is 16.4 Å². The maximum atomic E-state index is 14.9. The van der Waals surface area contributed by atoms with Crippen molar-refractivity contribution in [1.29, 1.82) is 0 Å². The Bertz CT molecular complexity index is 622. The van der Waals surface area contributed by atoms with E-state index in [1.165, 1.54) is 44.9 Å².